The Bertz CT molecular complexity index is 728. The summed E-state index contributed by atoms with van der Waals surface area (Å²) >= 11 is 0. The van der Waals surface area contributed by atoms with Crippen molar-refractivity contribution in [3.05, 3.63) is 41.5 Å². The molecule has 1 N–H and O–H groups in total. The first-order valence-corrected chi connectivity index (χ1v) is 8.91. The molecule has 6 atom stereocenters. The van der Waals surface area contributed by atoms with E-state index < -0.39 is 0 Å². The van der Waals surface area contributed by atoms with Gasteiger partial charge in [-0.05, 0) is 55.1 Å². The molecule has 24 heavy (non-hydrogen) atoms. The Hall–Kier alpha value is -2.10. The molecular weight excluding hydrogens is 300 g/mol. The third-order valence-corrected chi connectivity index (χ3v) is 6.65. The predicted octanol–water partition coefficient (Wildman–Crippen LogP) is 2.73. The molecule has 3 fully saturated rings. The summed E-state index contributed by atoms with van der Waals surface area (Å²) in [6, 6.07) is 6.10. The van der Waals surface area contributed by atoms with Crippen LogP contribution in [0.1, 0.15) is 17.5 Å². The topological polar surface area (TPSA) is 49.4 Å². The number of hydrogen-bond donors (Lipinski definition) is 1. The largest absolute Gasteiger partial charge is 0.367 e. The van der Waals surface area contributed by atoms with Gasteiger partial charge >= 0.3 is 0 Å². The second-order valence-electron chi connectivity index (χ2n) is 7.86. The van der Waals surface area contributed by atoms with E-state index in [1.165, 1.54) is 11.3 Å². The first-order chi connectivity index (χ1) is 11.6. The number of nitrogens with zero attached hydrogens (tertiary/aromatic N) is 1. The van der Waals surface area contributed by atoms with Gasteiger partial charge in [0.15, 0.2) is 0 Å². The van der Waals surface area contributed by atoms with E-state index in [-0.39, 0.29) is 30.3 Å². The van der Waals surface area contributed by atoms with E-state index in [1.807, 2.05) is 32.0 Å². The van der Waals surface area contributed by atoms with Gasteiger partial charge in [0.25, 0.3) is 0 Å². The Balaban J connectivity index is 1.39. The highest BCUT2D eigenvalue weighted by Crippen LogP contribution is 2.65. The number of anilines is 1. The number of rotatable bonds is 3. The van der Waals surface area contributed by atoms with Crippen LogP contribution in [0, 0.1) is 49.4 Å². The van der Waals surface area contributed by atoms with E-state index in [0.29, 0.717) is 23.7 Å². The molecule has 2 bridgehead atoms. The van der Waals surface area contributed by atoms with Gasteiger partial charge in [0.05, 0.1) is 18.5 Å². The number of nitrogens with one attached hydrogen (secondary N) is 1. The van der Waals surface area contributed by atoms with E-state index in [1.54, 1.807) is 0 Å². The first kappa shape index (κ1) is 14.3. The molecular formula is C20H22N2O2. The van der Waals surface area contributed by atoms with Crippen LogP contribution in [-0.2, 0) is 9.59 Å². The molecule has 4 heteroatoms. The van der Waals surface area contributed by atoms with E-state index in [9.17, 15) is 9.59 Å². The Morgan fingerprint density at radius 1 is 1.00 bits per heavy atom. The number of benzene rings is 1. The zero-order valence-electron chi connectivity index (χ0n) is 14.0. The van der Waals surface area contributed by atoms with E-state index in [2.05, 4.69) is 17.5 Å². The maximum absolute atomic E-state index is 12.9. The lowest BCUT2D eigenvalue weighted by Gasteiger charge is -2.37. The van der Waals surface area contributed by atoms with Crippen LogP contribution in [0.25, 0.3) is 0 Å². The molecule has 2 amide bonds. The maximum atomic E-state index is 12.9. The fourth-order valence-corrected chi connectivity index (χ4v) is 5.43. The minimum absolute atomic E-state index is 0.0356. The second kappa shape index (κ2) is 4.71. The minimum Gasteiger partial charge on any atom is -0.367 e. The summed E-state index contributed by atoms with van der Waals surface area (Å²) in [5.41, 5.74) is 3.29. The fourth-order valence-electron chi connectivity index (χ4n) is 5.43. The summed E-state index contributed by atoms with van der Waals surface area (Å²) < 4.78 is 0. The molecule has 1 aromatic rings. The van der Waals surface area contributed by atoms with Crippen molar-refractivity contribution in [2.24, 2.45) is 35.5 Å². The SMILES string of the molecule is Cc1cccc(C)c1NCN1C(=O)[C@@H]2[C@H]3C=C[C@@H]([C@@H]4C[C@@H]34)[C@@H]2C1=O. The predicted molar refractivity (Wildman–Crippen MR) is 91.0 cm³/mol. The van der Waals surface area contributed by atoms with Crippen molar-refractivity contribution in [3.63, 3.8) is 0 Å². The average Bonchev–Trinajstić information content (AvgIpc) is 3.34. The normalized spacial score (nSPS) is 38.3. The van der Waals surface area contributed by atoms with E-state index in [0.717, 1.165) is 16.8 Å². The molecule has 1 saturated heterocycles. The molecule has 0 aromatic heterocycles. The lowest BCUT2D eigenvalue weighted by Crippen LogP contribution is -2.40. The van der Waals surface area contributed by atoms with Crippen LogP contribution in [0.4, 0.5) is 5.69 Å². The molecule has 5 aliphatic rings. The summed E-state index contributed by atoms with van der Waals surface area (Å²) in [7, 11) is 0. The van der Waals surface area contributed by atoms with Crippen LogP contribution < -0.4 is 5.32 Å². The van der Waals surface area contributed by atoms with Gasteiger partial charge in [0.2, 0.25) is 11.8 Å². The molecule has 1 heterocycles. The number of likely N-dealkylation sites (tertiary alicyclic amines) is 1. The quantitative estimate of drug-likeness (QED) is 0.688. The number of para-hydroxylation sites is 1. The number of amides is 2. The lowest BCUT2D eigenvalue weighted by atomic mass is 9.63. The van der Waals surface area contributed by atoms with Crippen LogP contribution in [0.5, 0.6) is 0 Å². The van der Waals surface area contributed by atoms with Crippen LogP contribution in [0.3, 0.4) is 0 Å². The molecule has 0 unspecified atom stereocenters. The fraction of sp³-hybridized carbons (Fsp3) is 0.500. The molecule has 6 rings (SSSR count). The van der Waals surface area contributed by atoms with Gasteiger partial charge in [-0.15, -0.1) is 0 Å². The molecule has 4 aliphatic carbocycles. The lowest BCUT2D eigenvalue weighted by molar-refractivity contribution is -0.139. The second-order valence-corrected chi connectivity index (χ2v) is 7.86. The third-order valence-electron chi connectivity index (χ3n) is 6.65. The monoisotopic (exact) mass is 322 g/mol. The van der Waals surface area contributed by atoms with Crippen LogP contribution in [0.15, 0.2) is 30.4 Å². The molecule has 1 aliphatic heterocycles. The maximum Gasteiger partial charge on any atom is 0.235 e. The average molecular weight is 322 g/mol. The summed E-state index contributed by atoms with van der Waals surface area (Å²) in [5.74, 6) is 1.78. The Morgan fingerprint density at radius 3 is 2.08 bits per heavy atom. The minimum atomic E-state index is -0.101. The summed E-state index contributed by atoms with van der Waals surface area (Å²) in [6.07, 6.45) is 5.64. The number of carbonyl (C=O) groups is 2. The summed E-state index contributed by atoms with van der Waals surface area (Å²) in [5, 5.41) is 3.33. The van der Waals surface area contributed by atoms with Gasteiger partial charge in [-0.3, -0.25) is 14.5 Å². The molecule has 2 saturated carbocycles. The highest BCUT2D eigenvalue weighted by molar-refractivity contribution is 6.06. The molecule has 0 spiro atoms. The van der Waals surface area contributed by atoms with Crippen LogP contribution >= 0.6 is 0 Å². The van der Waals surface area contributed by atoms with Gasteiger partial charge in [-0.25, -0.2) is 0 Å². The van der Waals surface area contributed by atoms with Crippen molar-refractivity contribution >= 4 is 17.5 Å². The Labute approximate surface area is 141 Å². The highest BCUT2D eigenvalue weighted by Gasteiger charge is 2.66. The van der Waals surface area contributed by atoms with E-state index in [4.69, 9.17) is 0 Å². The number of carbonyl (C=O) groups excluding carboxylic acids is 2. The third kappa shape index (κ3) is 1.74. The van der Waals surface area contributed by atoms with Crippen molar-refractivity contribution in [1.29, 1.82) is 0 Å². The number of hydrogen-bond acceptors (Lipinski definition) is 3. The zero-order valence-corrected chi connectivity index (χ0v) is 14.0. The van der Waals surface area contributed by atoms with Crippen LogP contribution in [-0.4, -0.2) is 23.4 Å². The number of aryl methyl sites for hydroxylation is 2. The summed E-state index contributed by atoms with van der Waals surface area (Å²) in [6.45, 7) is 4.37. The van der Waals surface area contributed by atoms with Crippen molar-refractivity contribution in [1.82, 2.24) is 4.90 Å². The zero-order chi connectivity index (χ0) is 16.6. The van der Waals surface area contributed by atoms with Crippen molar-refractivity contribution < 1.29 is 9.59 Å². The van der Waals surface area contributed by atoms with Gasteiger partial charge in [-0.1, -0.05) is 30.4 Å². The molecule has 1 aromatic carbocycles. The highest BCUT2D eigenvalue weighted by atomic mass is 16.2. The van der Waals surface area contributed by atoms with Crippen molar-refractivity contribution in [2.45, 2.75) is 20.3 Å². The molecule has 0 radical (unpaired) electrons. The smallest absolute Gasteiger partial charge is 0.235 e. The first-order valence-electron chi connectivity index (χ1n) is 8.91. The number of imide groups is 1. The van der Waals surface area contributed by atoms with Crippen molar-refractivity contribution in [3.8, 4) is 0 Å². The van der Waals surface area contributed by atoms with Gasteiger partial charge in [-0.2, -0.15) is 0 Å². The Kier molecular flexibility index (Phi) is 2.80. The van der Waals surface area contributed by atoms with Gasteiger partial charge < -0.3 is 5.32 Å². The summed E-state index contributed by atoms with van der Waals surface area (Å²) in [4.78, 5) is 27.3. The van der Waals surface area contributed by atoms with E-state index >= 15 is 0 Å². The Morgan fingerprint density at radius 2 is 1.54 bits per heavy atom. The molecule has 4 nitrogen and oxygen atoms in total. The van der Waals surface area contributed by atoms with Gasteiger partial charge in [0, 0.05) is 5.69 Å². The standard InChI is InChI=1S/C20H22N2O2/c1-10-4-3-5-11(2)18(10)21-9-22-19(23)16-12-6-7-13(15-8-14(12)15)17(16)20(22)24/h3-7,12-17,21H,8-9H2,1-2H3/t12-,13-,14-,15-,16-,17+/m0/s1. The van der Waals surface area contributed by atoms with Gasteiger partial charge in [0.1, 0.15) is 0 Å². The van der Waals surface area contributed by atoms with Crippen molar-refractivity contribution in [2.75, 3.05) is 12.0 Å². The molecule has 124 valence electrons. The number of allylic oxidation sites excluding steroid dienone is 2. The van der Waals surface area contributed by atoms with Crippen LogP contribution in [0.2, 0.25) is 0 Å².